The molecular formula is C34H48N2O5. The smallest absolute Gasteiger partial charge is 0.344 e. The lowest BCUT2D eigenvalue weighted by Gasteiger charge is -2.38. The molecule has 0 radical (unpaired) electrons. The molecule has 1 unspecified atom stereocenters. The fraction of sp³-hybridized carbons (Fsp3) is 0.529. The number of nitrogens with two attached hydrogens (primary N) is 2. The second kappa shape index (κ2) is 11.3. The van der Waals surface area contributed by atoms with Gasteiger partial charge in [0, 0.05) is 29.0 Å². The normalized spacial score (nSPS) is 13.8. The zero-order chi connectivity index (χ0) is 31.1. The average Bonchev–Trinajstić information content (AvgIpc) is 2.74. The van der Waals surface area contributed by atoms with Crippen molar-refractivity contribution in [1.29, 1.82) is 0 Å². The Morgan fingerprint density at radius 3 is 2.00 bits per heavy atom. The first-order valence-electron chi connectivity index (χ1n) is 14.2. The van der Waals surface area contributed by atoms with Gasteiger partial charge in [0.25, 0.3) is 0 Å². The molecule has 1 heterocycles. The maximum Gasteiger partial charge on any atom is 0.344 e. The van der Waals surface area contributed by atoms with E-state index < -0.39 is 33.8 Å². The van der Waals surface area contributed by atoms with E-state index in [4.69, 9.17) is 25.4 Å². The van der Waals surface area contributed by atoms with Crippen molar-refractivity contribution in [2.75, 3.05) is 0 Å². The van der Waals surface area contributed by atoms with Crippen molar-refractivity contribution in [3.63, 3.8) is 0 Å². The molecule has 224 valence electrons. The number of carbonyl (C=O) groups excluding carboxylic acids is 1. The van der Waals surface area contributed by atoms with Crippen molar-refractivity contribution in [1.82, 2.24) is 0 Å². The number of esters is 1. The van der Waals surface area contributed by atoms with Crippen molar-refractivity contribution < 1.29 is 18.7 Å². The monoisotopic (exact) mass is 564 g/mol. The number of hydrogen-bond acceptors (Lipinski definition) is 7. The summed E-state index contributed by atoms with van der Waals surface area (Å²) in [5, 5.41) is 0.802. The van der Waals surface area contributed by atoms with Crippen molar-refractivity contribution in [3.05, 3.63) is 63.5 Å². The first kappa shape index (κ1) is 32.4. The van der Waals surface area contributed by atoms with Crippen molar-refractivity contribution in [2.24, 2.45) is 17.4 Å². The van der Waals surface area contributed by atoms with Crippen LogP contribution in [0.15, 0.2) is 45.6 Å². The molecule has 3 rings (SSSR count). The predicted molar refractivity (Wildman–Crippen MR) is 166 cm³/mol. The number of fused-ring (bicyclic) bond motifs is 1. The highest BCUT2D eigenvalue weighted by Gasteiger charge is 2.41. The lowest BCUT2D eigenvalue weighted by molar-refractivity contribution is -0.168. The number of aryl methyl sites for hydroxylation is 3. The van der Waals surface area contributed by atoms with Gasteiger partial charge in [0.15, 0.2) is 0 Å². The van der Waals surface area contributed by atoms with E-state index in [2.05, 4.69) is 12.1 Å². The Kier molecular flexibility index (Phi) is 8.88. The zero-order valence-electron chi connectivity index (χ0n) is 26.7. The highest BCUT2D eigenvalue weighted by Crippen LogP contribution is 2.34. The Bertz CT molecular complexity index is 1460. The molecule has 0 aliphatic heterocycles. The minimum atomic E-state index is -0.842. The molecule has 0 saturated heterocycles. The van der Waals surface area contributed by atoms with Gasteiger partial charge in [0.2, 0.25) is 0 Å². The molecule has 3 aromatic rings. The van der Waals surface area contributed by atoms with Gasteiger partial charge in [-0.3, -0.25) is 4.79 Å². The molecule has 1 atom stereocenters. The number of benzene rings is 2. The van der Waals surface area contributed by atoms with Crippen LogP contribution < -0.4 is 21.8 Å². The van der Waals surface area contributed by atoms with Gasteiger partial charge < -0.3 is 25.4 Å². The third kappa shape index (κ3) is 8.43. The molecule has 0 aliphatic rings. The van der Waals surface area contributed by atoms with Crippen molar-refractivity contribution in [2.45, 2.75) is 111 Å². The van der Waals surface area contributed by atoms with E-state index in [0.29, 0.717) is 29.7 Å². The standard InChI is InChI=1S/C34H48N2O5/c1-20-14-21(2)28(22(3)15-20)25-16-23-12-13-24(17-27(23)39-29(25)37)40-32(6,7)19-33(8,9)41-30(38)26(34(10,11)36)18-31(4,5)35/h12-17,26H,18-19,35-36H2,1-11H3. The van der Waals surface area contributed by atoms with E-state index in [-0.39, 0.29) is 5.97 Å². The maximum atomic E-state index is 13.3. The molecule has 7 nitrogen and oxygen atoms in total. The molecule has 0 aliphatic carbocycles. The van der Waals surface area contributed by atoms with E-state index in [1.165, 1.54) is 0 Å². The SMILES string of the molecule is Cc1cc(C)c(-c2cc3ccc(OC(C)(C)CC(C)(C)OC(=O)C(CC(C)(C)N)C(C)(C)N)cc3oc2=O)c(C)c1. The van der Waals surface area contributed by atoms with Gasteiger partial charge in [-0.15, -0.1) is 0 Å². The highest BCUT2D eigenvalue weighted by molar-refractivity contribution is 5.84. The third-order valence-corrected chi connectivity index (χ3v) is 7.19. The van der Waals surface area contributed by atoms with E-state index >= 15 is 0 Å². The number of ether oxygens (including phenoxy) is 2. The van der Waals surface area contributed by atoms with E-state index in [1.54, 1.807) is 6.07 Å². The quantitative estimate of drug-likeness (QED) is 0.207. The summed E-state index contributed by atoms with van der Waals surface area (Å²) < 4.78 is 18.1. The summed E-state index contributed by atoms with van der Waals surface area (Å²) in [6, 6.07) is 11.5. The van der Waals surface area contributed by atoms with Crippen LogP contribution in [0, 0.1) is 26.7 Å². The highest BCUT2D eigenvalue weighted by atomic mass is 16.6. The van der Waals surface area contributed by atoms with E-state index in [9.17, 15) is 9.59 Å². The van der Waals surface area contributed by atoms with Crippen LogP contribution in [0.4, 0.5) is 0 Å². The summed E-state index contributed by atoms with van der Waals surface area (Å²) in [5.41, 5.74) is 14.4. The summed E-state index contributed by atoms with van der Waals surface area (Å²) in [5.74, 6) is -0.389. The van der Waals surface area contributed by atoms with E-state index in [0.717, 1.165) is 27.6 Å². The molecule has 0 fully saturated rings. The van der Waals surface area contributed by atoms with E-state index in [1.807, 2.05) is 94.4 Å². The first-order chi connectivity index (χ1) is 18.6. The minimum absolute atomic E-state index is 0.376. The maximum absolute atomic E-state index is 13.3. The Morgan fingerprint density at radius 2 is 1.46 bits per heavy atom. The molecule has 0 amide bonds. The third-order valence-electron chi connectivity index (χ3n) is 7.19. The number of rotatable bonds is 10. The van der Waals surface area contributed by atoms with Crippen LogP contribution in [0.25, 0.3) is 22.1 Å². The van der Waals surface area contributed by atoms with Gasteiger partial charge in [-0.2, -0.15) is 0 Å². The summed E-state index contributed by atoms with van der Waals surface area (Å²) in [4.78, 5) is 26.3. The van der Waals surface area contributed by atoms with Crippen LogP contribution in [0.2, 0.25) is 0 Å². The largest absolute Gasteiger partial charge is 0.488 e. The number of carbonyl (C=O) groups is 1. The van der Waals surface area contributed by atoms with Crippen molar-refractivity contribution >= 4 is 16.9 Å². The van der Waals surface area contributed by atoms with Crippen LogP contribution in [0.5, 0.6) is 5.75 Å². The minimum Gasteiger partial charge on any atom is -0.488 e. The molecule has 7 heteroatoms. The summed E-state index contributed by atoms with van der Waals surface area (Å²) >= 11 is 0. The van der Waals surface area contributed by atoms with Crippen LogP contribution in [0.1, 0.15) is 84.9 Å². The van der Waals surface area contributed by atoms with Crippen LogP contribution in [-0.4, -0.2) is 28.2 Å². The fourth-order valence-corrected chi connectivity index (χ4v) is 5.87. The Labute approximate surface area is 244 Å². The fourth-order valence-electron chi connectivity index (χ4n) is 5.87. The van der Waals surface area contributed by atoms with Crippen molar-refractivity contribution in [3.8, 4) is 16.9 Å². The topological polar surface area (TPSA) is 118 Å². The predicted octanol–water partition coefficient (Wildman–Crippen LogP) is 6.74. The molecule has 0 spiro atoms. The van der Waals surface area contributed by atoms with Gasteiger partial charge in [-0.05, 0) is 117 Å². The molecule has 41 heavy (non-hydrogen) atoms. The summed E-state index contributed by atoms with van der Waals surface area (Å²) in [6.45, 7) is 21.0. The van der Waals surface area contributed by atoms with Gasteiger partial charge in [0.05, 0.1) is 11.5 Å². The van der Waals surface area contributed by atoms with Gasteiger partial charge >= 0.3 is 11.6 Å². The average molecular weight is 565 g/mol. The molecule has 1 aromatic heterocycles. The lowest BCUT2D eigenvalue weighted by atomic mass is 9.79. The number of hydrogen-bond donors (Lipinski definition) is 2. The second-order valence-electron chi connectivity index (χ2n) is 14.2. The molecule has 2 aromatic carbocycles. The molecule has 4 N–H and O–H groups in total. The Morgan fingerprint density at radius 1 is 0.878 bits per heavy atom. The van der Waals surface area contributed by atoms with Gasteiger partial charge in [-0.1, -0.05) is 17.7 Å². The first-order valence-corrected chi connectivity index (χ1v) is 14.2. The lowest BCUT2D eigenvalue weighted by Crippen LogP contribution is -2.52. The Hall–Kier alpha value is -3.16. The molecule has 0 bridgehead atoms. The molecule has 0 saturated carbocycles. The van der Waals surface area contributed by atoms with Crippen LogP contribution in [-0.2, 0) is 9.53 Å². The Balaban J connectivity index is 1.81. The molecular weight excluding hydrogens is 516 g/mol. The zero-order valence-corrected chi connectivity index (χ0v) is 26.7. The van der Waals surface area contributed by atoms with Gasteiger partial charge in [-0.25, -0.2) is 4.79 Å². The van der Waals surface area contributed by atoms with Crippen LogP contribution >= 0.6 is 0 Å². The van der Waals surface area contributed by atoms with Gasteiger partial charge in [0.1, 0.15) is 22.5 Å². The second-order valence-corrected chi connectivity index (χ2v) is 14.2. The summed E-state index contributed by atoms with van der Waals surface area (Å²) in [7, 11) is 0. The summed E-state index contributed by atoms with van der Waals surface area (Å²) in [6.07, 6.45) is 0.806. The van der Waals surface area contributed by atoms with Crippen LogP contribution in [0.3, 0.4) is 0 Å².